The molecule has 3 atom stereocenters. The van der Waals surface area contributed by atoms with Gasteiger partial charge in [-0.3, -0.25) is 0 Å². The van der Waals surface area contributed by atoms with E-state index in [1.807, 2.05) is 13.0 Å². The molecule has 1 heterocycles. The van der Waals surface area contributed by atoms with Crippen molar-refractivity contribution in [2.75, 3.05) is 12.8 Å². The molecule has 0 aromatic carbocycles. The van der Waals surface area contributed by atoms with Crippen molar-refractivity contribution >= 4 is 9.84 Å². The Balaban J connectivity index is 2.18. The Morgan fingerprint density at radius 3 is 2.76 bits per heavy atom. The van der Waals surface area contributed by atoms with Crippen LogP contribution < -0.4 is 5.32 Å². The summed E-state index contributed by atoms with van der Waals surface area (Å²) in [6.45, 7) is 5.06. The molecular formula is C16H27NO3S. The molecule has 1 aromatic rings. The molecule has 0 saturated heterocycles. The Kier molecular flexibility index (Phi) is 5.49. The second kappa shape index (κ2) is 6.97. The van der Waals surface area contributed by atoms with E-state index in [9.17, 15) is 8.42 Å². The lowest BCUT2D eigenvalue weighted by molar-refractivity contribution is 0.271. The number of hydrogen-bond acceptors (Lipinski definition) is 4. The summed E-state index contributed by atoms with van der Waals surface area (Å²) in [5.74, 6) is 1.30. The molecule has 4 nitrogen and oxygen atoms in total. The maximum Gasteiger partial charge on any atom is 0.150 e. The summed E-state index contributed by atoms with van der Waals surface area (Å²) in [4.78, 5) is 0. The molecule has 0 aliphatic heterocycles. The molecule has 0 bridgehead atoms. The highest BCUT2D eigenvalue weighted by molar-refractivity contribution is 7.91. The van der Waals surface area contributed by atoms with Gasteiger partial charge in [-0.1, -0.05) is 13.3 Å². The topological polar surface area (TPSA) is 59.3 Å². The summed E-state index contributed by atoms with van der Waals surface area (Å²) < 4.78 is 29.2. The molecule has 1 aliphatic carbocycles. The van der Waals surface area contributed by atoms with Crippen molar-refractivity contribution in [1.82, 2.24) is 5.32 Å². The lowest BCUT2D eigenvalue weighted by Gasteiger charge is -2.34. The maximum absolute atomic E-state index is 11.9. The van der Waals surface area contributed by atoms with E-state index in [2.05, 4.69) is 12.2 Å². The van der Waals surface area contributed by atoms with Gasteiger partial charge < -0.3 is 9.73 Å². The fourth-order valence-electron chi connectivity index (χ4n) is 3.42. The van der Waals surface area contributed by atoms with Crippen LogP contribution in [0.5, 0.6) is 0 Å². The van der Waals surface area contributed by atoms with E-state index >= 15 is 0 Å². The van der Waals surface area contributed by atoms with Gasteiger partial charge in [0.25, 0.3) is 0 Å². The molecule has 0 amide bonds. The van der Waals surface area contributed by atoms with Crippen LogP contribution in [0.1, 0.15) is 56.4 Å². The van der Waals surface area contributed by atoms with Crippen LogP contribution in [0.2, 0.25) is 0 Å². The van der Waals surface area contributed by atoms with Crippen LogP contribution in [0.15, 0.2) is 16.7 Å². The van der Waals surface area contributed by atoms with Crippen molar-refractivity contribution in [1.29, 1.82) is 0 Å². The first kappa shape index (κ1) is 16.6. The largest absolute Gasteiger partial charge is 0.469 e. The lowest BCUT2D eigenvalue weighted by Crippen LogP contribution is -2.36. The van der Waals surface area contributed by atoms with E-state index < -0.39 is 9.84 Å². The van der Waals surface area contributed by atoms with Gasteiger partial charge in [-0.05, 0) is 51.1 Å². The van der Waals surface area contributed by atoms with Crippen molar-refractivity contribution < 1.29 is 12.8 Å². The van der Waals surface area contributed by atoms with Crippen molar-refractivity contribution in [3.05, 3.63) is 23.7 Å². The number of furan rings is 1. The van der Waals surface area contributed by atoms with Crippen molar-refractivity contribution in [3.63, 3.8) is 0 Å². The summed E-state index contributed by atoms with van der Waals surface area (Å²) in [5.41, 5.74) is 1.18. The van der Waals surface area contributed by atoms with Crippen LogP contribution in [-0.2, 0) is 9.84 Å². The maximum atomic E-state index is 11.9. The van der Waals surface area contributed by atoms with Crippen molar-refractivity contribution in [2.45, 2.75) is 57.2 Å². The fourth-order valence-corrected chi connectivity index (χ4v) is 4.61. The zero-order valence-corrected chi connectivity index (χ0v) is 14.1. The predicted molar refractivity (Wildman–Crippen MR) is 85.1 cm³/mol. The van der Waals surface area contributed by atoms with Crippen LogP contribution in [0, 0.1) is 12.8 Å². The van der Waals surface area contributed by atoms with Crippen LogP contribution in [0.25, 0.3) is 0 Å². The normalized spacial score (nSPS) is 24.9. The van der Waals surface area contributed by atoms with Gasteiger partial charge in [-0.15, -0.1) is 0 Å². The highest BCUT2D eigenvalue weighted by atomic mass is 32.2. The molecule has 1 aliphatic rings. The van der Waals surface area contributed by atoms with E-state index in [0.717, 1.165) is 44.4 Å². The minimum atomic E-state index is -2.94. The van der Waals surface area contributed by atoms with Crippen LogP contribution >= 0.6 is 0 Å². The standard InChI is InChI=1S/C16H27NO3S/c1-4-9-17-16(15-8-10-20-12(15)2)13-6-5-7-14(11-13)21(3,18)19/h8,10,13-14,16-17H,4-7,9,11H2,1-3H3. The van der Waals surface area contributed by atoms with E-state index in [1.54, 1.807) is 6.26 Å². The quantitative estimate of drug-likeness (QED) is 0.876. The number of nitrogens with one attached hydrogen (secondary N) is 1. The molecule has 5 heteroatoms. The van der Waals surface area contributed by atoms with Crippen molar-refractivity contribution in [3.8, 4) is 0 Å². The Hall–Kier alpha value is -0.810. The summed E-state index contributed by atoms with van der Waals surface area (Å²) >= 11 is 0. The van der Waals surface area contributed by atoms with E-state index in [0.29, 0.717) is 5.92 Å². The van der Waals surface area contributed by atoms with Crippen molar-refractivity contribution in [2.24, 2.45) is 5.92 Å². The smallest absolute Gasteiger partial charge is 0.150 e. The molecule has 1 N–H and O–H groups in total. The van der Waals surface area contributed by atoms with Gasteiger partial charge in [-0.2, -0.15) is 0 Å². The molecule has 120 valence electrons. The van der Waals surface area contributed by atoms with Gasteiger partial charge in [0, 0.05) is 17.9 Å². The monoisotopic (exact) mass is 313 g/mol. The Labute approximate surface area is 128 Å². The summed E-state index contributed by atoms with van der Waals surface area (Å²) in [5, 5.41) is 3.41. The van der Waals surface area contributed by atoms with Crippen LogP contribution in [0.3, 0.4) is 0 Å². The Morgan fingerprint density at radius 1 is 1.43 bits per heavy atom. The molecule has 0 radical (unpaired) electrons. The molecule has 1 aromatic heterocycles. The van der Waals surface area contributed by atoms with Gasteiger partial charge in [0.1, 0.15) is 15.6 Å². The first-order chi connectivity index (χ1) is 9.93. The van der Waals surface area contributed by atoms with E-state index in [4.69, 9.17) is 4.42 Å². The first-order valence-electron chi connectivity index (χ1n) is 7.89. The molecule has 21 heavy (non-hydrogen) atoms. The number of aryl methyl sites for hydroxylation is 1. The molecular weight excluding hydrogens is 286 g/mol. The molecule has 1 fully saturated rings. The first-order valence-corrected chi connectivity index (χ1v) is 9.85. The molecule has 1 saturated carbocycles. The minimum absolute atomic E-state index is 0.186. The minimum Gasteiger partial charge on any atom is -0.469 e. The molecule has 0 spiro atoms. The zero-order valence-electron chi connectivity index (χ0n) is 13.3. The van der Waals surface area contributed by atoms with Crippen LogP contribution in [-0.4, -0.2) is 26.5 Å². The summed E-state index contributed by atoms with van der Waals surface area (Å²) in [6, 6.07) is 2.22. The lowest BCUT2D eigenvalue weighted by atomic mass is 9.81. The Morgan fingerprint density at radius 2 is 2.19 bits per heavy atom. The second-order valence-electron chi connectivity index (χ2n) is 6.24. The third-order valence-electron chi connectivity index (χ3n) is 4.59. The zero-order chi connectivity index (χ0) is 15.5. The third-order valence-corrected chi connectivity index (χ3v) is 6.23. The number of hydrogen-bond donors (Lipinski definition) is 1. The van der Waals surface area contributed by atoms with Gasteiger partial charge >= 0.3 is 0 Å². The average Bonchev–Trinajstić information content (AvgIpc) is 2.85. The summed E-state index contributed by atoms with van der Waals surface area (Å²) in [6.07, 6.45) is 7.79. The second-order valence-corrected chi connectivity index (χ2v) is 8.57. The van der Waals surface area contributed by atoms with Gasteiger partial charge in [0.05, 0.1) is 11.5 Å². The highest BCUT2D eigenvalue weighted by Gasteiger charge is 2.34. The average molecular weight is 313 g/mol. The SMILES string of the molecule is CCCNC(c1ccoc1C)C1CCCC(S(C)(=O)=O)C1. The molecule has 2 rings (SSSR count). The van der Waals surface area contributed by atoms with E-state index in [-0.39, 0.29) is 11.3 Å². The van der Waals surface area contributed by atoms with Gasteiger partial charge in [0.2, 0.25) is 0 Å². The highest BCUT2D eigenvalue weighted by Crippen LogP contribution is 2.38. The van der Waals surface area contributed by atoms with Gasteiger partial charge in [0.15, 0.2) is 0 Å². The van der Waals surface area contributed by atoms with Crippen LogP contribution in [0.4, 0.5) is 0 Å². The molecule has 3 unspecified atom stereocenters. The van der Waals surface area contributed by atoms with E-state index in [1.165, 1.54) is 11.8 Å². The fraction of sp³-hybridized carbons (Fsp3) is 0.750. The van der Waals surface area contributed by atoms with Gasteiger partial charge in [-0.25, -0.2) is 8.42 Å². The number of rotatable bonds is 6. The number of sulfone groups is 1. The summed E-state index contributed by atoms with van der Waals surface area (Å²) in [7, 11) is -2.94. The Bertz CT molecular complexity index is 550. The third kappa shape index (κ3) is 4.10. The predicted octanol–water partition coefficient (Wildman–Crippen LogP) is 3.23.